The molecule has 1 atom stereocenters. The van der Waals surface area contributed by atoms with Crippen LogP contribution >= 0.6 is 0 Å². The van der Waals surface area contributed by atoms with Crippen LogP contribution in [0.4, 0.5) is 5.69 Å². The summed E-state index contributed by atoms with van der Waals surface area (Å²) >= 11 is 0. The highest BCUT2D eigenvalue weighted by molar-refractivity contribution is 5.94. The highest BCUT2D eigenvalue weighted by atomic mass is 16.3. The fraction of sp³-hybridized carbons (Fsp3) is 0.462. The lowest BCUT2D eigenvalue weighted by molar-refractivity contribution is -0.118. The summed E-state index contributed by atoms with van der Waals surface area (Å²) in [5.41, 5.74) is -0.614. The van der Waals surface area contributed by atoms with Gasteiger partial charge in [0.2, 0.25) is 5.91 Å². The van der Waals surface area contributed by atoms with E-state index >= 15 is 0 Å². The molecule has 0 aliphatic heterocycles. The van der Waals surface area contributed by atoms with Crippen LogP contribution in [0.5, 0.6) is 0 Å². The van der Waals surface area contributed by atoms with Crippen molar-refractivity contribution in [1.82, 2.24) is 5.32 Å². The van der Waals surface area contributed by atoms with Crippen LogP contribution in [0.25, 0.3) is 0 Å². The number of nitrogens with one attached hydrogen (secondary N) is 2. The molecule has 0 aliphatic carbocycles. The molecule has 0 bridgehead atoms. The second-order valence-electron chi connectivity index (χ2n) is 4.48. The van der Waals surface area contributed by atoms with Crippen molar-refractivity contribution in [3.8, 4) is 0 Å². The van der Waals surface area contributed by atoms with Crippen LogP contribution in [0.1, 0.15) is 6.92 Å². The molecular weight excluding hydrogens is 248 g/mol. The van der Waals surface area contributed by atoms with E-state index in [-0.39, 0.29) is 5.91 Å². The lowest BCUT2D eigenvalue weighted by Crippen LogP contribution is -2.60. The summed E-state index contributed by atoms with van der Waals surface area (Å²) in [6.45, 7) is 0.183. The SMILES string of the molecule is CC(NC(CO)(CO)CO)C(=O)Nc1ccccc1. The van der Waals surface area contributed by atoms with E-state index < -0.39 is 31.4 Å². The molecule has 0 heterocycles. The molecule has 0 saturated heterocycles. The van der Waals surface area contributed by atoms with Gasteiger partial charge in [0.25, 0.3) is 0 Å². The van der Waals surface area contributed by atoms with E-state index in [4.69, 9.17) is 0 Å². The molecule has 6 nitrogen and oxygen atoms in total. The van der Waals surface area contributed by atoms with Crippen molar-refractivity contribution >= 4 is 11.6 Å². The molecule has 1 aromatic rings. The van der Waals surface area contributed by atoms with Crippen LogP contribution in [-0.2, 0) is 4.79 Å². The highest BCUT2D eigenvalue weighted by Crippen LogP contribution is 2.08. The number of anilines is 1. The number of hydrogen-bond donors (Lipinski definition) is 5. The monoisotopic (exact) mass is 268 g/mol. The summed E-state index contributed by atoms with van der Waals surface area (Å²) in [4.78, 5) is 11.9. The molecule has 19 heavy (non-hydrogen) atoms. The lowest BCUT2D eigenvalue weighted by atomic mass is 10.0. The van der Waals surface area contributed by atoms with Crippen molar-refractivity contribution in [3.63, 3.8) is 0 Å². The molecule has 0 saturated carbocycles. The molecule has 1 unspecified atom stereocenters. The predicted molar refractivity (Wildman–Crippen MR) is 71.7 cm³/mol. The zero-order valence-electron chi connectivity index (χ0n) is 10.8. The van der Waals surface area contributed by atoms with Crippen molar-refractivity contribution in [2.45, 2.75) is 18.5 Å². The van der Waals surface area contributed by atoms with E-state index in [1.807, 2.05) is 6.07 Å². The van der Waals surface area contributed by atoms with Gasteiger partial charge in [0.1, 0.15) is 0 Å². The third kappa shape index (κ3) is 4.29. The van der Waals surface area contributed by atoms with Crippen molar-refractivity contribution in [2.75, 3.05) is 25.1 Å². The standard InChI is InChI=1S/C13H20N2O4/c1-10(15-13(7-16,8-17)9-18)12(19)14-11-5-3-2-4-6-11/h2-6,10,15-18H,7-9H2,1H3,(H,14,19). The average Bonchev–Trinajstić information content (AvgIpc) is 2.45. The number of aliphatic hydroxyl groups excluding tert-OH is 3. The summed E-state index contributed by atoms with van der Waals surface area (Å²) < 4.78 is 0. The van der Waals surface area contributed by atoms with Gasteiger partial charge in [0.15, 0.2) is 0 Å². The fourth-order valence-electron chi connectivity index (χ4n) is 1.58. The molecule has 5 N–H and O–H groups in total. The zero-order chi connectivity index (χ0) is 14.3. The molecule has 106 valence electrons. The number of carbonyl (C=O) groups excluding carboxylic acids is 1. The highest BCUT2D eigenvalue weighted by Gasteiger charge is 2.31. The number of amides is 1. The Morgan fingerprint density at radius 1 is 1.16 bits per heavy atom. The number of hydrogen-bond acceptors (Lipinski definition) is 5. The maximum atomic E-state index is 11.9. The molecule has 0 spiro atoms. The van der Waals surface area contributed by atoms with Crippen LogP contribution in [0.2, 0.25) is 0 Å². The van der Waals surface area contributed by atoms with Gasteiger partial charge in [-0.15, -0.1) is 0 Å². The van der Waals surface area contributed by atoms with Gasteiger partial charge >= 0.3 is 0 Å². The summed E-state index contributed by atoms with van der Waals surface area (Å²) in [6, 6.07) is 8.27. The van der Waals surface area contributed by atoms with Gasteiger partial charge in [0.05, 0.1) is 31.4 Å². The van der Waals surface area contributed by atoms with Gasteiger partial charge in [0, 0.05) is 5.69 Å². The van der Waals surface area contributed by atoms with Crippen LogP contribution in [0.3, 0.4) is 0 Å². The number of carbonyl (C=O) groups is 1. The first-order valence-corrected chi connectivity index (χ1v) is 6.03. The largest absolute Gasteiger partial charge is 0.394 e. The van der Waals surface area contributed by atoms with E-state index in [0.29, 0.717) is 5.69 Å². The molecule has 1 aromatic carbocycles. The smallest absolute Gasteiger partial charge is 0.241 e. The Morgan fingerprint density at radius 3 is 2.16 bits per heavy atom. The Hall–Kier alpha value is -1.47. The second-order valence-corrected chi connectivity index (χ2v) is 4.48. The minimum atomic E-state index is -1.27. The van der Waals surface area contributed by atoms with E-state index in [1.165, 1.54) is 0 Å². The average molecular weight is 268 g/mol. The van der Waals surface area contributed by atoms with E-state index in [1.54, 1.807) is 31.2 Å². The second kappa shape index (κ2) is 7.20. The number of benzene rings is 1. The molecule has 0 aromatic heterocycles. The normalized spacial score (nSPS) is 13.1. The summed E-state index contributed by atoms with van der Waals surface area (Å²) in [5.74, 6) is -0.314. The maximum Gasteiger partial charge on any atom is 0.241 e. The van der Waals surface area contributed by atoms with Gasteiger partial charge in [-0.1, -0.05) is 18.2 Å². The predicted octanol–water partition coefficient (Wildman–Crippen LogP) is -0.681. The quantitative estimate of drug-likeness (QED) is 0.451. The maximum absolute atomic E-state index is 11.9. The van der Waals surface area contributed by atoms with Crippen molar-refractivity contribution in [1.29, 1.82) is 0 Å². The Kier molecular flexibility index (Phi) is 5.91. The van der Waals surface area contributed by atoms with Crippen LogP contribution < -0.4 is 10.6 Å². The van der Waals surface area contributed by atoms with Gasteiger partial charge < -0.3 is 20.6 Å². The first-order chi connectivity index (χ1) is 9.06. The number of rotatable bonds is 7. The minimum absolute atomic E-state index is 0.314. The third-order valence-corrected chi connectivity index (χ3v) is 2.87. The Balaban J connectivity index is 2.62. The van der Waals surface area contributed by atoms with Gasteiger partial charge in [-0.2, -0.15) is 0 Å². The lowest BCUT2D eigenvalue weighted by Gasteiger charge is -2.31. The van der Waals surface area contributed by atoms with E-state index in [2.05, 4.69) is 10.6 Å². The van der Waals surface area contributed by atoms with Crippen molar-refractivity contribution in [3.05, 3.63) is 30.3 Å². The number of aliphatic hydroxyl groups is 3. The van der Waals surface area contributed by atoms with Gasteiger partial charge in [-0.3, -0.25) is 10.1 Å². The van der Waals surface area contributed by atoms with E-state index in [9.17, 15) is 20.1 Å². The Bertz CT molecular complexity index is 385. The topological polar surface area (TPSA) is 102 Å². The summed E-state index contributed by atoms with van der Waals surface area (Å²) in [7, 11) is 0. The first-order valence-electron chi connectivity index (χ1n) is 6.03. The molecule has 0 fully saturated rings. The van der Waals surface area contributed by atoms with Gasteiger partial charge in [-0.05, 0) is 19.1 Å². The molecule has 1 amide bonds. The molecule has 1 rings (SSSR count). The Labute approximate surface area is 112 Å². The third-order valence-electron chi connectivity index (χ3n) is 2.87. The summed E-state index contributed by atoms with van der Waals surface area (Å²) in [5, 5.41) is 33.0. The van der Waals surface area contributed by atoms with Crippen molar-refractivity contribution < 1.29 is 20.1 Å². The molecule has 0 radical (unpaired) electrons. The van der Waals surface area contributed by atoms with Crippen LogP contribution in [0, 0.1) is 0 Å². The molecule has 0 aliphatic rings. The minimum Gasteiger partial charge on any atom is -0.394 e. The Morgan fingerprint density at radius 2 is 1.68 bits per heavy atom. The first kappa shape index (κ1) is 15.6. The zero-order valence-corrected chi connectivity index (χ0v) is 10.8. The molecular formula is C13H20N2O4. The van der Waals surface area contributed by atoms with Crippen molar-refractivity contribution in [2.24, 2.45) is 0 Å². The fourth-order valence-corrected chi connectivity index (χ4v) is 1.58. The molecule has 6 heteroatoms. The van der Waals surface area contributed by atoms with Crippen LogP contribution in [-0.4, -0.2) is 52.6 Å². The van der Waals surface area contributed by atoms with Gasteiger partial charge in [-0.25, -0.2) is 0 Å². The summed E-state index contributed by atoms with van der Waals surface area (Å²) in [6.07, 6.45) is 0. The van der Waals surface area contributed by atoms with E-state index in [0.717, 1.165) is 0 Å². The van der Waals surface area contributed by atoms with Crippen LogP contribution in [0.15, 0.2) is 30.3 Å². The number of para-hydroxylation sites is 1.